The molecule has 0 aromatic rings. The first kappa shape index (κ1) is 16.0. The summed E-state index contributed by atoms with van der Waals surface area (Å²) in [5.41, 5.74) is 2.86. The van der Waals surface area contributed by atoms with E-state index in [2.05, 4.69) is 24.2 Å². The molecule has 0 saturated carbocycles. The molecule has 0 bridgehead atoms. The van der Waals surface area contributed by atoms with Crippen molar-refractivity contribution in [2.45, 2.75) is 76.5 Å². The summed E-state index contributed by atoms with van der Waals surface area (Å²) in [5.74, 6) is 0. The Morgan fingerprint density at radius 1 is 0.875 bits per heavy atom. The SMILES string of the molecule is C=C=C[Se]CCCCCCCCCCCC. The molecule has 0 aliphatic rings. The molecule has 0 aromatic carbocycles. The van der Waals surface area contributed by atoms with E-state index in [1.807, 2.05) is 0 Å². The molecule has 0 heterocycles. The van der Waals surface area contributed by atoms with Crippen molar-refractivity contribution in [3.8, 4) is 0 Å². The first-order valence-corrected chi connectivity index (χ1v) is 9.07. The van der Waals surface area contributed by atoms with Crippen LogP contribution in [-0.2, 0) is 0 Å². The molecule has 1 heteroatoms. The number of unbranched alkanes of at least 4 members (excludes halogenated alkanes) is 9. The van der Waals surface area contributed by atoms with E-state index in [1.54, 1.807) is 0 Å². The van der Waals surface area contributed by atoms with Crippen LogP contribution in [0.25, 0.3) is 0 Å². The van der Waals surface area contributed by atoms with Crippen LogP contribution in [0, 0.1) is 0 Å². The Morgan fingerprint density at radius 3 is 1.88 bits per heavy atom. The van der Waals surface area contributed by atoms with Crippen LogP contribution in [0.3, 0.4) is 0 Å². The van der Waals surface area contributed by atoms with Gasteiger partial charge in [-0.25, -0.2) is 0 Å². The Labute approximate surface area is 109 Å². The Hall–Kier alpha value is 0.0395. The summed E-state index contributed by atoms with van der Waals surface area (Å²) in [7, 11) is 0. The van der Waals surface area contributed by atoms with Crippen LogP contribution < -0.4 is 0 Å². The second-order valence-electron chi connectivity index (χ2n) is 4.37. The van der Waals surface area contributed by atoms with Crippen LogP contribution >= 0.6 is 0 Å². The van der Waals surface area contributed by atoms with Gasteiger partial charge < -0.3 is 0 Å². The number of hydrogen-bond acceptors (Lipinski definition) is 0. The van der Waals surface area contributed by atoms with Crippen molar-refractivity contribution < 1.29 is 0 Å². The monoisotopic (exact) mass is 288 g/mol. The maximum atomic E-state index is 3.58. The Bertz CT molecular complexity index is 168. The van der Waals surface area contributed by atoms with Crippen molar-refractivity contribution >= 4 is 15.0 Å². The van der Waals surface area contributed by atoms with Crippen molar-refractivity contribution in [1.82, 2.24) is 0 Å². The van der Waals surface area contributed by atoms with Crippen LogP contribution in [0.5, 0.6) is 0 Å². The third kappa shape index (κ3) is 14.0. The van der Waals surface area contributed by atoms with Gasteiger partial charge >= 0.3 is 109 Å². The molecular weight excluding hydrogens is 259 g/mol. The van der Waals surface area contributed by atoms with Crippen molar-refractivity contribution in [2.75, 3.05) is 0 Å². The van der Waals surface area contributed by atoms with Crippen LogP contribution in [0.4, 0.5) is 0 Å². The summed E-state index contributed by atoms with van der Waals surface area (Å²) in [5, 5.41) is 1.38. The summed E-state index contributed by atoms with van der Waals surface area (Å²) in [6.07, 6.45) is 14.4. The fourth-order valence-corrected chi connectivity index (χ4v) is 3.06. The molecule has 0 spiro atoms. The minimum atomic E-state index is 0.669. The molecule has 0 fully saturated rings. The molecule has 16 heavy (non-hydrogen) atoms. The molecule has 0 aliphatic carbocycles. The van der Waals surface area contributed by atoms with Gasteiger partial charge in [-0.2, -0.15) is 0 Å². The van der Waals surface area contributed by atoms with Crippen LogP contribution in [0.1, 0.15) is 71.1 Å². The van der Waals surface area contributed by atoms with Gasteiger partial charge in [0.05, 0.1) is 0 Å². The Kier molecular flexibility index (Phi) is 15.1. The molecule has 0 saturated heterocycles. The van der Waals surface area contributed by atoms with Gasteiger partial charge in [-0.3, -0.25) is 0 Å². The summed E-state index contributed by atoms with van der Waals surface area (Å²) >= 11 is 0.669. The van der Waals surface area contributed by atoms with Crippen LogP contribution in [0.2, 0.25) is 5.32 Å². The third-order valence-corrected chi connectivity index (χ3v) is 4.58. The molecule has 0 radical (unpaired) electrons. The Balaban J connectivity index is 2.90. The van der Waals surface area contributed by atoms with E-state index >= 15 is 0 Å². The summed E-state index contributed by atoms with van der Waals surface area (Å²) < 4.78 is 0. The zero-order valence-electron chi connectivity index (χ0n) is 11.0. The molecule has 0 atom stereocenters. The molecular formula is C15H28Se. The summed E-state index contributed by atoms with van der Waals surface area (Å²) in [6.45, 7) is 5.87. The van der Waals surface area contributed by atoms with E-state index in [0.717, 1.165) is 0 Å². The maximum absolute atomic E-state index is 3.58. The van der Waals surface area contributed by atoms with Gasteiger partial charge in [0.25, 0.3) is 0 Å². The van der Waals surface area contributed by atoms with Crippen molar-refractivity contribution in [1.29, 1.82) is 0 Å². The van der Waals surface area contributed by atoms with Gasteiger partial charge in [-0.05, 0) is 0 Å². The standard InChI is InChI=1S/C15H28Se/c1-3-5-6-7-8-9-10-11-12-13-15-16-14-4-2/h14H,2-3,5-13,15H2,1H3. The van der Waals surface area contributed by atoms with Crippen LogP contribution in [0.15, 0.2) is 17.3 Å². The fourth-order valence-electron chi connectivity index (χ4n) is 1.79. The molecule has 0 unspecified atom stereocenters. The van der Waals surface area contributed by atoms with E-state index in [4.69, 9.17) is 0 Å². The second-order valence-corrected chi connectivity index (χ2v) is 6.43. The predicted molar refractivity (Wildman–Crippen MR) is 76.1 cm³/mol. The molecule has 0 amide bonds. The van der Waals surface area contributed by atoms with Gasteiger partial charge in [0, 0.05) is 0 Å². The van der Waals surface area contributed by atoms with E-state index < -0.39 is 0 Å². The van der Waals surface area contributed by atoms with Crippen molar-refractivity contribution in [2.24, 2.45) is 0 Å². The van der Waals surface area contributed by atoms with E-state index in [9.17, 15) is 0 Å². The Morgan fingerprint density at radius 2 is 1.38 bits per heavy atom. The second kappa shape index (κ2) is 15.0. The van der Waals surface area contributed by atoms with Gasteiger partial charge in [0.15, 0.2) is 0 Å². The average Bonchev–Trinajstić information content (AvgIpc) is 2.31. The fraction of sp³-hybridized carbons (Fsp3) is 0.800. The molecule has 0 N–H and O–H groups in total. The van der Waals surface area contributed by atoms with E-state index in [1.165, 1.54) is 69.5 Å². The normalized spacial score (nSPS) is 10.1. The van der Waals surface area contributed by atoms with Gasteiger partial charge in [0.2, 0.25) is 0 Å². The first-order chi connectivity index (χ1) is 7.91. The third-order valence-electron chi connectivity index (χ3n) is 2.78. The minimum absolute atomic E-state index is 0.669. The van der Waals surface area contributed by atoms with Gasteiger partial charge in [-0.15, -0.1) is 0 Å². The van der Waals surface area contributed by atoms with E-state index in [-0.39, 0.29) is 0 Å². The molecule has 0 nitrogen and oxygen atoms in total. The summed E-state index contributed by atoms with van der Waals surface area (Å²) in [4.78, 5) is 2.11. The molecule has 0 aromatic heterocycles. The quantitative estimate of drug-likeness (QED) is 0.258. The molecule has 0 aliphatic heterocycles. The van der Waals surface area contributed by atoms with E-state index in [0.29, 0.717) is 15.0 Å². The zero-order chi connectivity index (χ0) is 11.9. The zero-order valence-corrected chi connectivity index (χ0v) is 12.7. The predicted octanol–water partition coefficient (Wildman–Crippen LogP) is 5.33. The van der Waals surface area contributed by atoms with Crippen molar-refractivity contribution in [3.05, 3.63) is 17.3 Å². The number of hydrogen-bond donors (Lipinski definition) is 0. The summed E-state index contributed by atoms with van der Waals surface area (Å²) in [6, 6.07) is 0. The first-order valence-electron chi connectivity index (χ1n) is 6.87. The van der Waals surface area contributed by atoms with Gasteiger partial charge in [-0.1, -0.05) is 0 Å². The van der Waals surface area contributed by atoms with Crippen molar-refractivity contribution in [3.63, 3.8) is 0 Å². The molecule has 94 valence electrons. The number of rotatable bonds is 12. The van der Waals surface area contributed by atoms with Gasteiger partial charge in [0.1, 0.15) is 0 Å². The topological polar surface area (TPSA) is 0 Å². The van der Waals surface area contributed by atoms with Crippen LogP contribution in [-0.4, -0.2) is 15.0 Å². The molecule has 0 rings (SSSR count). The average molecular weight is 287 g/mol.